The molecule has 2 unspecified atom stereocenters. The quantitative estimate of drug-likeness (QED) is 0.895. The van der Waals surface area contributed by atoms with Crippen LogP contribution in [0, 0.1) is 11.7 Å². The minimum Gasteiger partial charge on any atom is -0.313 e. The predicted octanol–water partition coefficient (Wildman–Crippen LogP) is 4.15. The van der Waals surface area contributed by atoms with Crippen molar-refractivity contribution in [1.29, 1.82) is 0 Å². The zero-order valence-electron chi connectivity index (χ0n) is 11.4. The van der Waals surface area contributed by atoms with Crippen molar-refractivity contribution in [2.45, 2.75) is 18.9 Å². The number of hydrogen-bond donors (Lipinski definition) is 1. The monoisotopic (exact) mass is 289 g/mol. The molecule has 1 aliphatic rings. The van der Waals surface area contributed by atoms with Gasteiger partial charge in [0.1, 0.15) is 5.82 Å². The Hall–Kier alpha value is -1.38. The minimum absolute atomic E-state index is 0.279. The third kappa shape index (κ3) is 2.46. The summed E-state index contributed by atoms with van der Waals surface area (Å²) < 4.78 is 13.1. The Morgan fingerprint density at radius 1 is 1.25 bits per heavy atom. The van der Waals surface area contributed by atoms with Gasteiger partial charge in [-0.2, -0.15) is 0 Å². The van der Waals surface area contributed by atoms with E-state index in [2.05, 4.69) is 29.6 Å². The van der Waals surface area contributed by atoms with Crippen LogP contribution in [0.2, 0.25) is 5.02 Å². The van der Waals surface area contributed by atoms with E-state index in [1.54, 1.807) is 6.07 Å². The summed E-state index contributed by atoms with van der Waals surface area (Å²) in [5, 5.41) is 3.93. The average Bonchev–Trinajstić information content (AvgIpc) is 2.79. The van der Waals surface area contributed by atoms with Gasteiger partial charge in [-0.25, -0.2) is 4.39 Å². The lowest BCUT2D eigenvalue weighted by Crippen LogP contribution is -2.23. The van der Waals surface area contributed by atoms with Crippen LogP contribution in [0.3, 0.4) is 0 Å². The summed E-state index contributed by atoms with van der Waals surface area (Å²) in [6.45, 7) is 0. The Bertz CT molecular complexity index is 626. The molecule has 3 rings (SSSR count). The van der Waals surface area contributed by atoms with Gasteiger partial charge in [-0.1, -0.05) is 41.9 Å². The summed E-state index contributed by atoms with van der Waals surface area (Å²) in [6.07, 6.45) is 1.90. The smallest absolute Gasteiger partial charge is 0.124 e. The van der Waals surface area contributed by atoms with Gasteiger partial charge in [0.25, 0.3) is 0 Å². The SMILES string of the molecule is CNC1c2ccccc2CC1Cc1ccc(F)cc1Cl. The normalized spacial score (nSPS) is 20.9. The molecule has 0 fully saturated rings. The maximum Gasteiger partial charge on any atom is 0.124 e. The molecule has 0 bridgehead atoms. The largest absolute Gasteiger partial charge is 0.313 e. The standard InChI is InChI=1S/C17H17ClFN/c1-20-17-13(8-11-4-2-3-5-15(11)17)9-12-6-7-14(19)10-16(12)18/h2-7,10,13,17,20H,8-9H2,1H3. The van der Waals surface area contributed by atoms with Gasteiger partial charge in [0, 0.05) is 11.1 Å². The fourth-order valence-electron chi connectivity index (χ4n) is 3.23. The van der Waals surface area contributed by atoms with Gasteiger partial charge in [0.2, 0.25) is 0 Å². The molecular weight excluding hydrogens is 273 g/mol. The van der Waals surface area contributed by atoms with Crippen molar-refractivity contribution in [1.82, 2.24) is 5.32 Å². The Labute approximate surface area is 123 Å². The van der Waals surface area contributed by atoms with E-state index in [0.29, 0.717) is 17.0 Å². The summed E-state index contributed by atoms with van der Waals surface area (Å²) in [5.41, 5.74) is 3.79. The molecule has 0 spiro atoms. The van der Waals surface area contributed by atoms with Crippen molar-refractivity contribution in [3.63, 3.8) is 0 Å². The Kier molecular flexibility index (Phi) is 3.77. The molecule has 0 aliphatic heterocycles. The van der Waals surface area contributed by atoms with Crippen LogP contribution in [-0.2, 0) is 12.8 Å². The van der Waals surface area contributed by atoms with Gasteiger partial charge in [-0.15, -0.1) is 0 Å². The first-order valence-corrected chi connectivity index (χ1v) is 7.26. The number of rotatable bonds is 3. The Morgan fingerprint density at radius 3 is 2.80 bits per heavy atom. The van der Waals surface area contributed by atoms with E-state index in [9.17, 15) is 4.39 Å². The highest BCUT2D eigenvalue weighted by Crippen LogP contribution is 2.38. The van der Waals surface area contributed by atoms with Gasteiger partial charge in [-0.05, 0) is 54.6 Å². The number of nitrogens with one attached hydrogen (secondary N) is 1. The molecule has 1 aliphatic carbocycles. The van der Waals surface area contributed by atoms with Crippen LogP contribution in [0.4, 0.5) is 4.39 Å². The molecule has 0 aromatic heterocycles. The molecule has 0 saturated carbocycles. The minimum atomic E-state index is -0.279. The fourth-order valence-corrected chi connectivity index (χ4v) is 3.47. The molecule has 0 radical (unpaired) electrons. The lowest BCUT2D eigenvalue weighted by molar-refractivity contribution is 0.410. The third-order valence-electron chi connectivity index (χ3n) is 4.15. The van der Waals surface area contributed by atoms with E-state index in [1.807, 2.05) is 7.05 Å². The number of benzene rings is 2. The van der Waals surface area contributed by atoms with E-state index >= 15 is 0 Å². The summed E-state index contributed by atoms with van der Waals surface area (Å²) >= 11 is 6.15. The summed E-state index contributed by atoms with van der Waals surface area (Å²) in [5.74, 6) is 0.180. The average molecular weight is 290 g/mol. The lowest BCUT2D eigenvalue weighted by Gasteiger charge is -2.20. The molecule has 2 atom stereocenters. The molecule has 0 amide bonds. The number of hydrogen-bond acceptors (Lipinski definition) is 1. The molecule has 104 valence electrons. The molecular formula is C17H17ClFN. The van der Waals surface area contributed by atoms with Crippen LogP contribution in [0.25, 0.3) is 0 Å². The topological polar surface area (TPSA) is 12.0 Å². The van der Waals surface area contributed by atoms with Crippen molar-refractivity contribution in [3.8, 4) is 0 Å². The van der Waals surface area contributed by atoms with Crippen molar-refractivity contribution < 1.29 is 4.39 Å². The van der Waals surface area contributed by atoms with Crippen molar-refractivity contribution in [2.75, 3.05) is 7.05 Å². The first-order chi connectivity index (χ1) is 9.69. The Balaban J connectivity index is 1.85. The maximum absolute atomic E-state index is 13.1. The van der Waals surface area contributed by atoms with Gasteiger partial charge in [-0.3, -0.25) is 0 Å². The summed E-state index contributed by atoms with van der Waals surface area (Å²) in [6, 6.07) is 13.6. The maximum atomic E-state index is 13.1. The highest BCUT2D eigenvalue weighted by molar-refractivity contribution is 6.31. The second kappa shape index (κ2) is 5.55. The number of fused-ring (bicyclic) bond motifs is 1. The van der Waals surface area contributed by atoms with E-state index < -0.39 is 0 Å². The van der Waals surface area contributed by atoms with E-state index in [4.69, 9.17) is 11.6 Å². The van der Waals surface area contributed by atoms with Crippen LogP contribution in [0.1, 0.15) is 22.7 Å². The van der Waals surface area contributed by atoms with Gasteiger partial charge in [0.15, 0.2) is 0 Å². The summed E-state index contributed by atoms with van der Waals surface area (Å²) in [4.78, 5) is 0. The van der Waals surface area contributed by atoms with E-state index in [-0.39, 0.29) is 5.82 Å². The molecule has 2 aromatic rings. The molecule has 3 heteroatoms. The molecule has 20 heavy (non-hydrogen) atoms. The highest BCUT2D eigenvalue weighted by Gasteiger charge is 2.31. The van der Waals surface area contributed by atoms with Crippen LogP contribution in [-0.4, -0.2) is 7.05 Å². The van der Waals surface area contributed by atoms with E-state index in [0.717, 1.165) is 18.4 Å². The van der Waals surface area contributed by atoms with Crippen LogP contribution in [0.15, 0.2) is 42.5 Å². The van der Waals surface area contributed by atoms with E-state index in [1.165, 1.54) is 23.3 Å². The third-order valence-corrected chi connectivity index (χ3v) is 4.50. The molecule has 0 saturated heterocycles. The zero-order valence-corrected chi connectivity index (χ0v) is 12.1. The first kappa shape index (κ1) is 13.6. The molecule has 2 aromatic carbocycles. The van der Waals surface area contributed by atoms with Crippen LogP contribution < -0.4 is 5.32 Å². The molecule has 1 nitrogen and oxygen atoms in total. The van der Waals surface area contributed by atoms with Crippen LogP contribution >= 0.6 is 11.6 Å². The Morgan fingerprint density at radius 2 is 2.05 bits per heavy atom. The van der Waals surface area contributed by atoms with Crippen molar-refractivity contribution >= 4 is 11.6 Å². The second-order valence-corrected chi connectivity index (χ2v) is 5.78. The fraction of sp³-hybridized carbons (Fsp3) is 0.294. The lowest BCUT2D eigenvalue weighted by atomic mass is 9.93. The highest BCUT2D eigenvalue weighted by atomic mass is 35.5. The van der Waals surface area contributed by atoms with Crippen molar-refractivity contribution in [3.05, 3.63) is 70.0 Å². The van der Waals surface area contributed by atoms with Gasteiger partial charge < -0.3 is 5.32 Å². The van der Waals surface area contributed by atoms with Crippen molar-refractivity contribution in [2.24, 2.45) is 5.92 Å². The predicted molar refractivity (Wildman–Crippen MR) is 80.6 cm³/mol. The van der Waals surface area contributed by atoms with Crippen LogP contribution in [0.5, 0.6) is 0 Å². The molecule has 1 N–H and O–H groups in total. The number of halogens is 2. The second-order valence-electron chi connectivity index (χ2n) is 5.37. The first-order valence-electron chi connectivity index (χ1n) is 6.88. The van der Waals surface area contributed by atoms with Gasteiger partial charge in [0.05, 0.1) is 0 Å². The summed E-state index contributed by atoms with van der Waals surface area (Å²) in [7, 11) is 1.99. The molecule has 0 heterocycles. The van der Waals surface area contributed by atoms with Gasteiger partial charge >= 0.3 is 0 Å². The zero-order chi connectivity index (χ0) is 14.1.